The molecular weight excluding hydrogens is 252 g/mol. The van der Waals surface area contributed by atoms with Gasteiger partial charge in [-0.05, 0) is 0 Å². The lowest BCUT2D eigenvalue weighted by Gasteiger charge is -2.25. The number of nitrogens with two attached hydrogens (primary N) is 1. The van der Waals surface area contributed by atoms with Crippen molar-refractivity contribution in [1.29, 1.82) is 0 Å². The van der Waals surface area contributed by atoms with Gasteiger partial charge in [0.15, 0.2) is 0 Å². The predicted molar refractivity (Wildman–Crippen MR) is 79.3 cm³/mol. The summed E-state index contributed by atoms with van der Waals surface area (Å²) in [4.78, 5) is 0. The van der Waals surface area contributed by atoms with Crippen LogP contribution < -0.4 is 5.73 Å². The van der Waals surface area contributed by atoms with E-state index in [2.05, 4.69) is 11.1 Å². The highest BCUT2D eigenvalue weighted by molar-refractivity contribution is 5.43. The van der Waals surface area contributed by atoms with E-state index in [-0.39, 0.29) is 0 Å². The van der Waals surface area contributed by atoms with Crippen molar-refractivity contribution in [1.82, 2.24) is 0 Å². The Bertz CT molecular complexity index is 549. The quantitative estimate of drug-likeness (QED) is 0.848. The topological polar surface area (TPSA) is 62.7 Å². The second-order valence-corrected chi connectivity index (χ2v) is 4.25. The molecule has 2 N–H and O–H groups in total. The van der Waals surface area contributed by atoms with Gasteiger partial charge in [0.1, 0.15) is 0 Å². The lowest BCUT2D eigenvalue weighted by Crippen LogP contribution is -2.31. The molecule has 0 heterocycles. The summed E-state index contributed by atoms with van der Waals surface area (Å²) in [5.41, 5.74) is 5.99. The zero-order valence-electron chi connectivity index (χ0n) is 11.0. The van der Waals surface area contributed by atoms with Crippen molar-refractivity contribution in [3.8, 4) is 6.07 Å². The van der Waals surface area contributed by atoms with Gasteiger partial charge < -0.3 is 15.7 Å². The molecule has 0 radical (unpaired) electrons. The molecule has 0 fully saturated rings. The summed E-state index contributed by atoms with van der Waals surface area (Å²) >= 11 is 0. The van der Waals surface area contributed by atoms with Gasteiger partial charge in [-0.3, -0.25) is 0 Å². The van der Waals surface area contributed by atoms with E-state index < -0.39 is 5.60 Å². The van der Waals surface area contributed by atoms with E-state index in [0.717, 1.165) is 11.1 Å². The Morgan fingerprint density at radius 2 is 1.50 bits per heavy atom. The molecule has 4 nitrogen and oxygen atoms in total. The Morgan fingerprint density at radius 3 is 1.90 bits per heavy atom. The summed E-state index contributed by atoms with van der Waals surface area (Å²) in [5.74, 6) is 0. The molecule has 4 heteroatoms. The normalized spacial score (nSPS) is 10.7. The van der Waals surface area contributed by atoms with E-state index in [4.69, 9.17) is 10.5 Å². The van der Waals surface area contributed by atoms with Crippen molar-refractivity contribution in [2.75, 3.05) is 13.2 Å². The monoisotopic (exact) mass is 268 g/mol. The van der Waals surface area contributed by atoms with Crippen molar-refractivity contribution in [3.63, 3.8) is 0 Å². The molecule has 2 aromatic carbocycles. The van der Waals surface area contributed by atoms with Gasteiger partial charge in [-0.25, -0.2) is 0 Å². The Labute approximate surface area is 118 Å². The smallest absolute Gasteiger partial charge is 0.344 e. The standard InChI is InChI=1S/C16H16N2O2/c17-11-12-20-16(13-18-19,14-7-3-1-4-8-14)15-9-5-2-6-10-15/h1-10H,11-12,17H2. The first-order chi connectivity index (χ1) is 9.83. The van der Waals surface area contributed by atoms with Gasteiger partial charge in [0.2, 0.25) is 0 Å². The second-order valence-electron chi connectivity index (χ2n) is 4.25. The molecule has 0 aliphatic rings. The number of rotatable bonds is 5. The maximum absolute atomic E-state index is 10.9. The van der Waals surface area contributed by atoms with Crippen LogP contribution in [0, 0.1) is 11.3 Å². The van der Waals surface area contributed by atoms with Gasteiger partial charge in [0.05, 0.1) is 6.61 Å². The Kier molecular flexibility index (Phi) is 4.72. The highest BCUT2D eigenvalue weighted by atomic mass is 16.5. The fourth-order valence-electron chi connectivity index (χ4n) is 2.12. The molecule has 20 heavy (non-hydrogen) atoms. The zero-order chi connectivity index (χ0) is 14.3. The van der Waals surface area contributed by atoms with E-state index in [1.54, 1.807) is 0 Å². The summed E-state index contributed by atoms with van der Waals surface area (Å²) < 4.78 is 5.86. The highest BCUT2D eigenvalue weighted by Gasteiger charge is 2.40. The predicted octanol–water partition coefficient (Wildman–Crippen LogP) is 2.74. The molecule has 0 bridgehead atoms. The van der Waals surface area contributed by atoms with Gasteiger partial charge in [0.25, 0.3) is 5.60 Å². The zero-order valence-corrected chi connectivity index (χ0v) is 11.0. The fourth-order valence-corrected chi connectivity index (χ4v) is 2.12. The summed E-state index contributed by atoms with van der Waals surface area (Å²) in [6.07, 6.45) is 0. The summed E-state index contributed by atoms with van der Waals surface area (Å²) in [7, 11) is 0. The van der Waals surface area contributed by atoms with Crippen LogP contribution in [0.15, 0.2) is 60.7 Å². The van der Waals surface area contributed by atoms with E-state index >= 15 is 0 Å². The molecule has 0 amide bonds. The van der Waals surface area contributed by atoms with Crippen LogP contribution in [0.5, 0.6) is 0 Å². The van der Waals surface area contributed by atoms with Crippen LogP contribution in [-0.4, -0.2) is 13.2 Å². The lowest BCUT2D eigenvalue weighted by atomic mass is 9.87. The van der Waals surface area contributed by atoms with Crippen LogP contribution in [0.4, 0.5) is 0 Å². The third-order valence-corrected chi connectivity index (χ3v) is 3.00. The van der Waals surface area contributed by atoms with Crippen molar-refractivity contribution in [3.05, 3.63) is 82.0 Å². The third kappa shape index (κ3) is 2.80. The molecule has 0 spiro atoms. The number of benzene rings is 2. The molecule has 102 valence electrons. The number of nitrogens with zero attached hydrogens (tertiary/aromatic N) is 1. The molecule has 0 saturated heterocycles. The van der Waals surface area contributed by atoms with Crippen LogP contribution in [0.1, 0.15) is 11.1 Å². The van der Waals surface area contributed by atoms with Gasteiger partial charge in [-0.15, -0.1) is 0 Å². The molecule has 0 aliphatic carbocycles. The van der Waals surface area contributed by atoms with Crippen molar-refractivity contribution >= 4 is 0 Å². The highest BCUT2D eigenvalue weighted by Crippen LogP contribution is 2.33. The third-order valence-electron chi connectivity index (χ3n) is 3.00. The van der Waals surface area contributed by atoms with Crippen LogP contribution in [-0.2, 0) is 10.3 Å². The summed E-state index contributed by atoms with van der Waals surface area (Å²) in [5, 5.41) is 13.7. The van der Waals surface area contributed by atoms with E-state index in [9.17, 15) is 5.21 Å². The van der Waals surface area contributed by atoms with Crippen molar-refractivity contribution in [2.45, 2.75) is 5.60 Å². The average Bonchev–Trinajstić information content (AvgIpc) is 2.53. The van der Waals surface area contributed by atoms with Gasteiger partial charge in [0, 0.05) is 22.7 Å². The van der Waals surface area contributed by atoms with Gasteiger partial charge >= 0.3 is 6.07 Å². The summed E-state index contributed by atoms with van der Waals surface area (Å²) in [6.45, 7) is 0.647. The number of hydrogen-bond donors (Lipinski definition) is 1. The molecule has 0 aliphatic heterocycles. The molecule has 2 aromatic rings. The second kappa shape index (κ2) is 6.71. The van der Waals surface area contributed by atoms with Gasteiger partial charge in [-0.2, -0.15) is 0 Å². The van der Waals surface area contributed by atoms with E-state index in [1.165, 1.54) is 0 Å². The first-order valence-electron chi connectivity index (χ1n) is 6.38. The fraction of sp³-hybridized carbons (Fsp3) is 0.188. The largest absolute Gasteiger partial charge is 0.498 e. The Morgan fingerprint density at radius 1 is 1.00 bits per heavy atom. The first-order valence-corrected chi connectivity index (χ1v) is 6.38. The SMILES string of the molecule is NCCOC(C#[N+][O-])(c1ccccc1)c1ccccc1. The van der Waals surface area contributed by atoms with Crippen LogP contribution in [0.3, 0.4) is 0 Å². The average molecular weight is 268 g/mol. The Hall–Kier alpha value is -2.35. The van der Waals surface area contributed by atoms with Crippen LogP contribution >= 0.6 is 0 Å². The maximum Gasteiger partial charge on any atom is 0.344 e. The molecule has 0 saturated carbocycles. The van der Waals surface area contributed by atoms with Crippen molar-refractivity contribution < 1.29 is 4.74 Å². The lowest BCUT2D eigenvalue weighted by molar-refractivity contribution is 0.0314. The minimum atomic E-state index is -1.12. The van der Waals surface area contributed by atoms with E-state index in [1.807, 2.05) is 60.7 Å². The van der Waals surface area contributed by atoms with E-state index in [0.29, 0.717) is 13.2 Å². The molecule has 2 rings (SSSR count). The molecule has 0 aromatic heterocycles. The Balaban J connectivity index is 2.58. The maximum atomic E-state index is 10.9. The van der Waals surface area contributed by atoms with Gasteiger partial charge in [-0.1, -0.05) is 60.7 Å². The number of hydrogen-bond acceptors (Lipinski definition) is 3. The molecule has 0 atom stereocenters. The first kappa shape index (κ1) is 14.1. The molecule has 0 unspecified atom stereocenters. The van der Waals surface area contributed by atoms with Crippen molar-refractivity contribution in [2.24, 2.45) is 5.73 Å². The molecular formula is C16H16N2O2. The van der Waals surface area contributed by atoms with Crippen LogP contribution in [0.2, 0.25) is 0 Å². The minimum absolute atomic E-state index is 0.298. The van der Waals surface area contributed by atoms with Crippen LogP contribution in [0.25, 0.3) is 5.01 Å². The minimum Gasteiger partial charge on any atom is -0.498 e. The number of ether oxygens (including phenoxy) is 1. The summed E-state index contributed by atoms with van der Waals surface area (Å²) in [6, 6.07) is 21.4.